The Balaban J connectivity index is 1.61. The lowest BCUT2D eigenvalue weighted by molar-refractivity contribution is 0.0219. The largest absolute Gasteiger partial charge is 0.456 e. The maximum absolute atomic E-state index is 13.6. The Morgan fingerprint density at radius 1 is 0.738 bits per heavy atom. The zero-order valence-corrected chi connectivity index (χ0v) is 25.8. The van der Waals surface area contributed by atoms with Gasteiger partial charge in [-0.15, -0.1) is 0 Å². The Labute approximate surface area is 249 Å². The van der Waals surface area contributed by atoms with E-state index in [4.69, 9.17) is 9.47 Å². The third-order valence-electron chi connectivity index (χ3n) is 8.57. The van der Waals surface area contributed by atoms with Crippen LogP contribution in [0.4, 0.5) is 17.1 Å². The average molecular weight is 561 g/mol. The molecule has 0 aliphatic carbocycles. The molecule has 0 saturated heterocycles. The molecule has 1 atom stereocenters. The molecule has 5 heteroatoms. The number of nitrogens with zero attached hydrogens (tertiary/aromatic N) is 1. The van der Waals surface area contributed by atoms with Crippen LogP contribution in [0.15, 0.2) is 72.8 Å². The minimum atomic E-state index is -1.10. The van der Waals surface area contributed by atoms with Crippen LogP contribution in [-0.2, 0) is 10.3 Å². The topological polar surface area (TPSA) is 50.8 Å². The molecule has 6 rings (SSSR count). The lowest BCUT2D eigenvalue weighted by Crippen LogP contribution is -2.35. The van der Waals surface area contributed by atoms with Crippen LogP contribution in [-0.4, -0.2) is 20.1 Å². The third kappa shape index (κ3) is 4.25. The fourth-order valence-corrected chi connectivity index (χ4v) is 6.54. The van der Waals surface area contributed by atoms with Crippen LogP contribution in [0.1, 0.15) is 103 Å². The number of esters is 1. The molecule has 5 nitrogen and oxygen atoms in total. The smallest absolute Gasteiger partial charge is 0.340 e. The molecular formula is C37H40N2O3. The van der Waals surface area contributed by atoms with Gasteiger partial charge in [0.05, 0.1) is 11.1 Å². The van der Waals surface area contributed by atoms with E-state index in [2.05, 4.69) is 88.2 Å². The molecule has 1 N–H and O–H groups in total. The van der Waals surface area contributed by atoms with Crippen molar-refractivity contribution in [2.75, 3.05) is 24.3 Å². The van der Waals surface area contributed by atoms with Crippen molar-refractivity contribution in [3.8, 4) is 11.5 Å². The first-order valence-electron chi connectivity index (χ1n) is 14.9. The Morgan fingerprint density at radius 3 is 2.05 bits per heavy atom. The summed E-state index contributed by atoms with van der Waals surface area (Å²) in [6.45, 7) is 13.3. The predicted octanol–water partition coefficient (Wildman–Crippen LogP) is 9.43. The minimum absolute atomic E-state index is 0.192. The molecule has 0 radical (unpaired) electrons. The fourth-order valence-electron chi connectivity index (χ4n) is 6.54. The van der Waals surface area contributed by atoms with E-state index in [0.717, 1.165) is 45.1 Å². The first-order valence-corrected chi connectivity index (χ1v) is 14.9. The van der Waals surface area contributed by atoms with E-state index < -0.39 is 5.60 Å². The quantitative estimate of drug-likeness (QED) is 0.238. The first kappa shape index (κ1) is 27.9. The summed E-state index contributed by atoms with van der Waals surface area (Å²) in [5.74, 6) is 1.89. The van der Waals surface area contributed by atoms with Gasteiger partial charge in [0.1, 0.15) is 11.5 Å². The molecule has 0 aromatic heterocycles. The van der Waals surface area contributed by atoms with E-state index in [0.29, 0.717) is 17.2 Å². The van der Waals surface area contributed by atoms with Crippen molar-refractivity contribution < 1.29 is 14.3 Å². The van der Waals surface area contributed by atoms with E-state index in [1.807, 2.05) is 50.5 Å². The van der Waals surface area contributed by atoms with E-state index in [1.54, 1.807) is 0 Å². The van der Waals surface area contributed by atoms with Gasteiger partial charge < -0.3 is 19.7 Å². The molecule has 4 aromatic rings. The summed E-state index contributed by atoms with van der Waals surface area (Å²) in [6, 6.07) is 24.6. The molecule has 1 spiro atoms. The van der Waals surface area contributed by atoms with Gasteiger partial charge in [0, 0.05) is 48.4 Å². The number of fused-ring (bicyclic) bond motifs is 6. The maximum Gasteiger partial charge on any atom is 0.340 e. The van der Waals surface area contributed by atoms with Crippen molar-refractivity contribution in [2.45, 2.75) is 64.9 Å². The van der Waals surface area contributed by atoms with Crippen LogP contribution in [0.2, 0.25) is 0 Å². The highest BCUT2D eigenvalue weighted by Gasteiger charge is 2.55. The van der Waals surface area contributed by atoms with E-state index in [9.17, 15) is 4.79 Å². The van der Waals surface area contributed by atoms with Crippen molar-refractivity contribution in [3.63, 3.8) is 0 Å². The zero-order valence-electron chi connectivity index (χ0n) is 25.8. The first-order chi connectivity index (χ1) is 20.0. The molecule has 0 fully saturated rings. The number of carbonyl (C=O) groups excluding carboxylic acids is 1. The normalized spacial score (nSPS) is 16.8. The second kappa shape index (κ2) is 10.2. The molecule has 2 heterocycles. The Hall–Kier alpha value is -4.25. The molecule has 0 saturated carbocycles. The van der Waals surface area contributed by atoms with Gasteiger partial charge in [-0.2, -0.15) is 0 Å². The highest BCUT2D eigenvalue weighted by Crippen LogP contribution is 2.60. The molecule has 1 unspecified atom stereocenters. The van der Waals surface area contributed by atoms with Crippen molar-refractivity contribution in [2.24, 2.45) is 0 Å². The number of anilines is 3. The summed E-state index contributed by atoms with van der Waals surface area (Å²) in [6.07, 6.45) is 0. The van der Waals surface area contributed by atoms with Crippen LogP contribution in [0.25, 0.3) is 0 Å². The predicted molar refractivity (Wildman–Crippen MR) is 171 cm³/mol. The number of carbonyl (C=O) groups is 1. The van der Waals surface area contributed by atoms with Gasteiger partial charge in [0.2, 0.25) is 0 Å². The van der Waals surface area contributed by atoms with Crippen molar-refractivity contribution >= 4 is 23.0 Å². The number of rotatable bonds is 6. The van der Waals surface area contributed by atoms with Crippen molar-refractivity contribution in [3.05, 3.63) is 112 Å². The molecule has 42 heavy (non-hydrogen) atoms. The third-order valence-corrected chi connectivity index (χ3v) is 8.57. The number of benzene rings is 4. The van der Waals surface area contributed by atoms with Crippen LogP contribution in [0.3, 0.4) is 0 Å². The highest BCUT2D eigenvalue weighted by atomic mass is 16.6. The fraction of sp³-hybridized carbons (Fsp3) is 0.324. The van der Waals surface area contributed by atoms with E-state index in [-0.39, 0.29) is 17.8 Å². The summed E-state index contributed by atoms with van der Waals surface area (Å²) in [4.78, 5) is 15.7. The summed E-state index contributed by atoms with van der Waals surface area (Å²) in [5, 5.41) is 3.54. The minimum Gasteiger partial charge on any atom is -0.456 e. The lowest BCUT2D eigenvalue weighted by Gasteiger charge is -2.41. The Morgan fingerprint density at radius 2 is 1.40 bits per heavy atom. The summed E-state index contributed by atoms with van der Waals surface area (Å²) in [7, 11) is 4.07. The monoisotopic (exact) mass is 560 g/mol. The zero-order chi connectivity index (χ0) is 29.9. The molecule has 2 aliphatic rings. The van der Waals surface area contributed by atoms with Crippen LogP contribution < -0.4 is 15.0 Å². The highest BCUT2D eigenvalue weighted by molar-refractivity contribution is 5.97. The van der Waals surface area contributed by atoms with Gasteiger partial charge in [-0.3, -0.25) is 0 Å². The molecule has 0 bridgehead atoms. The van der Waals surface area contributed by atoms with Gasteiger partial charge in [-0.1, -0.05) is 65.8 Å². The SMILES string of the molecule is CC(C)c1cc(C(C)C)c(C(C)C)c2c1Oc1cc(Nc3ccc(N(C)C)cc3)ccc1C21OC(=O)c2ccccc21. The summed E-state index contributed by atoms with van der Waals surface area (Å²) in [5.41, 5.74) is 8.81. The van der Waals surface area contributed by atoms with Crippen LogP contribution in [0, 0.1) is 0 Å². The van der Waals surface area contributed by atoms with Gasteiger partial charge >= 0.3 is 5.97 Å². The maximum atomic E-state index is 13.6. The van der Waals surface area contributed by atoms with Gasteiger partial charge in [0.25, 0.3) is 0 Å². The molecule has 0 amide bonds. The van der Waals surface area contributed by atoms with Crippen molar-refractivity contribution in [1.29, 1.82) is 0 Å². The van der Waals surface area contributed by atoms with Crippen LogP contribution in [0.5, 0.6) is 11.5 Å². The number of nitrogens with one attached hydrogen (secondary N) is 1. The van der Waals surface area contributed by atoms with Gasteiger partial charge in [0.15, 0.2) is 5.60 Å². The molecule has 216 valence electrons. The second-order valence-electron chi connectivity index (χ2n) is 12.6. The number of ether oxygens (including phenoxy) is 2. The summed E-state index contributed by atoms with van der Waals surface area (Å²) < 4.78 is 13.5. The number of hydrogen-bond acceptors (Lipinski definition) is 5. The lowest BCUT2D eigenvalue weighted by atomic mass is 9.70. The average Bonchev–Trinajstić information content (AvgIpc) is 3.24. The summed E-state index contributed by atoms with van der Waals surface area (Å²) >= 11 is 0. The standard InChI is InChI=1S/C37H40N2O3/c1-21(2)28-20-29(22(3)4)35-34(33(28)23(5)6)37(30-12-10-9-11-27(30)36(40)42-37)31-18-15-25(19-32(31)41-35)38-24-13-16-26(17-14-24)39(7)8/h9-23,38H,1-8H3. The van der Waals surface area contributed by atoms with Crippen LogP contribution >= 0.6 is 0 Å². The van der Waals surface area contributed by atoms with E-state index in [1.165, 1.54) is 11.1 Å². The van der Waals surface area contributed by atoms with Gasteiger partial charge in [-0.25, -0.2) is 4.79 Å². The Kier molecular flexibility index (Phi) is 6.80. The second-order valence-corrected chi connectivity index (χ2v) is 12.6. The molecule has 4 aromatic carbocycles. The van der Waals surface area contributed by atoms with Gasteiger partial charge in [-0.05, 0) is 76.9 Å². The van der Waals surface area contributed by atoms with E-state index >= 15 is 0 Å². The molecular weight excluding hydrogens is 520 g/mol. The van der Waals surface area contributed by atoms with Crippen molar-refractivity contribution in [1.82, 2.24) is 0 Å². The number of hydrogen-bond donors (Lipinski definition) is 1. The molecule has 2 aliphatic heterocycles. The Bertz CT molecular complexity index is 1680.